The Morgan fingerprint density at radius 2 is 1.70 bits per heavy atom. The fourth-order valence-electron chi connectivity index (χ4n) is 4.97. The maximum absolute atomic E-state index is 13.2. The molecule has 0 bridgehead atoms. The van der Waals surface area contributed by atoms with E-state index in [1.54, 1.807) is 12.1 Å². The molecule has 1 aliphatic rings. The molecule has 1 heterocycles. The smallest absolute Gasteiger partial charge is 0.251 e. The summed E-state index contributed by atoms with van der Waals surface area (Å²) >= 11 is 0. The highest BCUT2D eigenvalue weighted by Crippen LogP contribution is 2.42. The summed E-state index contributed by atoms with van der Waals surface area (Å²) in [5.74, 6) is 0.661. The predicted octanol–water partition coefficient (Wildman–Crippen LogP) is 6.08. The first-order chi connectivity index (χ1) is 17.5. The third kappa shape index (κ3) is 5.82. The summed E-state index contributed by atoms with van der Waals surface area (Å²) in [6.45, 7) is 8.27. The van der Waals surface area contributed by atoms with Gasteiger partial charge in [-0.2, -0.15) is 0 Å². The molecule has 7 heteroatoms. The lowest BCUT2D eigenvalue weighted by molar-refractivity contribution is 0.0227. The minimum absolute atomic E-state index is 0.151. The number of sulfonamides is 1. The second-order valence-corrected chi connectivity index (χ2v) is 11.9. The number of ether oxygens (including phenoxy) is 1. The van der Waals surface area contributed by atoms with Crippen LogP contribution in [0.1, 0.15) is 71.8 Å². The van der Waals surface area contributed by atoms with Crippen molar-refractivity contribution in [3.63, 3.8) is 0 Å². The van der Waals surface area contributed by atoms with Gasteiger partial charge in [-0.15, -0.1) is 0 Å². The van der Waals surface area contributed by atoms with Gasteiger partial charge in [0.2, 0.25) is 10.0 Å². The molecule has 1 N–H and O–H groups in total. The van der Waals surface area contributed by atoms with E-state index in [2.05, 4.69) is 19.2 Å². The Kier molecular flexibility index (Phi) is 7.64. The Morgan fingerprint density at radius 3 is 2.35 bits per heavy atom. The molecule has 0 unspecified atom stereocenters. The molecule has 1 amide bonds. The third-order valence-electron chi connectivity index (χ3n) is 7.37. The van der Waals surface area contributed by atoms with Crippen LogP contribution in [0, 0.1) is 13.8 Å². The lowest BCUT2D eigenvalue weighted by Crippen LogP contribution is -2.44. The number of fused-ring (bicyclic) bond motifs is 1. The van der Waals surface area contributed by atoms with Crippen molar-refractivity contribution in [2.24, 2.45) is 0 Å². The molecule has 1 atom stereocenters. The van der Waals surface area contributed by atoms with Gasteiger partial charge in [-0.3, -0.25) is 9.10 Å². The van der Waals surface area contributed by atoms with Crippen molar-refractivity contribution in [1.29, 1.82) is 0 Å². The van der Waals surface area contributed by atoms with Gasteiger partial charge in [-0.25, -0.2) is 8.42 Å². The summed E-state index contributed by atoms with van der Waals surface area (Å²) in [7, 11) is -3.50. The normalized spacial score (nSPS) is 16.4. The maximum atomic E-state index is 13.2. The van der Waals surface area contributed by atoms with Crippen LogP contribution in [0.2, 0.25) is 0 Å². The number of nitrogens with one attached hydrogen (secondary N) is 1. The predicted molar refractivity (Wildman–Crippen MR) is 149 cm³/mol. The standard InChI is InChI=1S/C30H36N2O4S/c1-6-30(7-2)19-26(25-10-8-9-11-28(25)36-30)31-29(33)24-16-14-23(15-17-24)20-32(37(5,34)35)27-18-21(3)12-13-22(27)4/h8-18,26H,6-7,19-20H2,1-5H3,(H,31,33)/t26-/m1/s1. The van der Waals surface area contributed by atoms with E-state index in [-0.39, 0.29) is 24.1 Å². The van der Waals surface area contributed by atoms with Crippen LogP contribution in [0.25, 0.3) is 0 Å². The van der Waals surface area contributed by atoms with Gasteiger partial charge in [0, 0.05) is 17.5 Å². The number of nitrogens with zero attached hydrogens (tertiary/aromatic N) is 1. The summed E-state index contributed by atoms with van der Waals surface area (Å²) in [6, 6.07) is 20.7. The average molecular weight is 521 g/mol. The molecule has 0 saturated carbocycles. The Hall–Kier alpha value is -3.32. The highest BCUT2D eigenvalue weighted by molar-refractivity contribution is 7.92. The second-order valence-electron chi connectivity index (χ2n) is 10.0. The molecule has 0 radical (unpaired) electrons. The zero-order valence-corrected chi connectivity index (χ0v) is 23.1. The molecule has 3 aromatic rings. The summed E-state index contributed by atoms with van der Waals surface area (Å²) in [6.07, 6.45) is 3.64. The van der Waals surface area contributed by atoms with E-state index in [9.17, 15) is 13.2 Å². The van der Waals surface area contributed by atoms with Crippen LogP contribution in [-0.2, 0) is 16.6 Å². The van der Waals surface area contributed by atoms with Crippen LogP contribution in [-0.4, -0.2) is 26.2 Å². The van der Waals surface area contributed by atoms with Crippen molar-refractivity contribution in [3.05, 3.63) is 94.5 Å². The zero-order chi connectivity index (χ0) is 26.8. The van der Waals surface area contributed by atoms with E-state index in [1.807, 2.05) is 68.4 Å². The van der Waals surface area contributed by atoms with E-state index in [4.69, 9.17) is 4.74 Å². The molecule has 37 heavy (non-hydrogen) atoms. The number of aryl methyl sites for hydroxylation is 2. The number of anilines is 1. The van der Waals surface area contributed by atoms with Crippen LogP contribution in [0.3, 0.4) is 0 Å². The number of benzene rings is 3. The van der Waals surface area contributed by atoms with Crippen LogP contribution in [0.5, 0.6) is 5.75 Å². The van der Waals surface area contributed by atoms with Gasteiger partial charge in [0.15, 0.2) is 0 Å². The fraction of sp³-hybridized carbons (Fsp3) is 0.367. The molecule has 0 spiro atoms. The number of carbonyl (C=O) groups excluding carboxylic acids is 1. The minimum Gasteiger partial charge on any atom is -0.487 e. The molecule has 196 valence electrons. The first kappa shape index (κ1) is 26.7. The topological polar surface area (TPSA) is 75.7 Å². The lowest BCUT2D eigenvalue weighted by Gasteiger charge is -2.41. The summed E-state index contributed by atoms with van der Waals surface area (Å²) in [5, 5.41) is 3.21. The summed E-state index contributed by atoms with van der Waals surface area (Å²) in [5.41, 5.74) is 4.56. The number of hydrogen-bond acceptors (Lipinski definition) is 4. The monoisotopic (exact) mass is 520 g/mol. The number of carbonyl (C=O) groups is 1. The number of amides is 1. The van der Waals surface area contributed by atoms with Crippen molar-refractivity contribution in [3.8, 4) is 5.75 Å². The van der Waals surface area contributed by atoms with E-state index < -0.39 is 10.0 Å². The van der Waals surface area contributed by atoms with Gasteiger partial charge in [0.05, 0.1) is 24.5 Å². The largest absolute Gasteiger partial charge is 0.487 e. The van der Waals surface area contributed by atoms with E-state index >= 15 is 0 Å². The Morgan fingerprint density at radius 1 is 1.03 bits per heavy atom. The lowest BCUT2D eigenvalue weighted by atomic mass is 9.83. The van der Waals surface area contributed by atoms with E-state index in [1.165, 1.54) is 10.6 Å². The summed E-state index contributed by atoms with van der Waals surface area (Å²) in [4.78, 5) is 13.2. The zero-order valence-electron chi connectivity index (χ0n) is 22.2. The van der Waals surface area contributed by atoms with Crippen LogP contribution >= 0.6 is 0 Å². The van der Waals surface area contributed by atoms with Crippen molar-refractivity contribution < 1.29 is 17.9 Å². The Labute approximate surface area is 220 Å². The SMILES string of the molecule is CCC1(CC)C[C@@H](NC(=O)c2ccc(CN(c3cc(C)ccc3C)S(C)(=O)=O)cc2)c2ccccc2O1. The van der Waals surface area contributed by atoms with Crippen LogP contribution < -0.4 is 14.4 Å². The van der Waals surface area contributed by atoms with Crippen molar-refractivity contribution in [2.75, 3.05) is 10.6 Å². The van der Waals surface area contributed by atoms with Gasteiger partial charge >= 0.3 is 0 Å². The van der Waals surface area contributed by atoms with Gasteiger partial charge in [-0.1, -0.05) is 56.3 Å². The van der Waals surface area contributed by atoms with Crippen LogP contribution in [0.4, 0.5) is 5.69 Å². The second kappa shape index (κ2) is 10.6. The van der Waals surface area contributed by atoms with E-state index in [0.717, 1.165) is 40.8 Å². The average Bonchev–Trinajstić information content (AvgIpc) is 2.88. The minimum atomic E-state index is -3.50. The number of hydrogen-bond donors (Lipinski definition) is 1. The Bertz CT molecular complexity index is 1380. The molecular formula is C30H36N2O4S. The fourth-order valence-corrected chi connectivity index (χ4v) is 5.91. The van der Waals surface area contributed by atoms with Crippen molar-refractivity contribution in [2.45, 2.75) is 65.1 Å². The molecule has 1 aliphatic heterocycles. The van der Waals surface area contributed by atoms with Crippen molar-refractivity contribution >= 4 is 21.6 Å². The van der Waals surface area contributed by atoms with Crippen molar-refractivity contribution in [1.82, 2.24) is 5.32 Å². The molecule has 0 saturated heterocycles. The van der Waals surface area contributed by atoms with Gasteiger partial charge in [0.25, 0.3) is 5.91 Å². The van der Waals surface area contributed by atoms with Crippen LogP contribution in [0.15, 0.2) is 66.7 Å². The highest BCUT2D eigenvalue weighted by Gasteiger charge is 2.39. The molecule has 6 nitrogen and oxygen atoms in total. The quantitative estimate of drug-likeness (QED) is 0.390. The van der Waals surface area contributed by atoms with E-state index in [0.29, 0.717) is 17.7 Å². The number of rotatable bonds is 8. The maximum Gasteiger partial charge on any atom is 0.251 e. The molecule has 4 rings (SSSR count). The third-order valence-corrected chi connectivity index (χ3v) is 8.49. The number of para-hydroxylation sites is 1. The molecule has 3 aromatic carbocycles. The Balaban J connectivity index is 1.54. The first-order valence-electron chi connectivity index (χ1n) is 12.8. The first-order valence-corrected chi connectivity index (χ1v) is 14.6. The van der Waals surface area contributed by atoms with Gasteiger partial charge < -0.3 is 10.1 Å². The molecule has 0 aliphatic carbocycles. The molecular weight excluding hydrogens is 484 g/mol. The molecule has 0 aromatic heterocycles. The highest BCUT2D eigenvalue weighted by atomic mass is 32.2. The van der Waals surface area contributed by atoms with Gasteiger partial charge in [0.1, 0.15) is 11.4 Å². The van der Waals surface area contributed by atoms with Gasteiger partial charge in [-0.05, 0) is 67.6 Å². The summed E-state index contributed by atoms with van der Waals surface area (Å²) < 4.78 is 33.1. The molecule has 0 fully saturated rings.